The van der Waals surface area contributed by atoms with Crippen molar-refractivity contribution in [2.45, 2.75) is 19.9 Å². The molecule has 0 spiro atoms. The van der Waals surface area contributed by atoms with Gasteiger partial charge in [-0.25, -0.2) is 4.79 Å². The Hall–Kier alpha value is -2.11. The Morgan fingerprint density at radius 1 is 1.50 bits per heavy atom. The monoisotopic (exact) mass is 223 g/mol. The first-order valence-electron chi connectivity index (χ1n) is 4.72. The summed E-state index contributed by atoms with van der Waals surface area (Å²) in [6, 6.07) is 1.87. The van der Waals surface area contributed by atoms with Gasteiger partial charge in [0, 0.05) is 6.20 Å². The standard InChI is InChI=1S/C10H13N3O3/c1-6-8(4-3-5-11-6)13-10(16)12-7(2)9(14)15/h3-5,7H,1-2H3,(H,14,15)(H2,12,13,16). The average Bonchev–Trinajstić information content (AvgIpc) is 2.21. The SMILES string of the molecule is Cc1ncccc1NC(=O)NC(C)C(=O)O. The van der Waals surface area contributed by atoms with Crippen LogP contribution in [0.2, 0.25) is 0 Å². The van der Waals surface area contributed by atoms with Crippen molar-refractivity contribution in [2.24, 2.45) is 0 Å². The highest BCUT2D eigenvalue weighted by atomic mass is 16.4. The average molecular weight is 223 g/mol. The zero-order valence-electron chi connectivity index (χ0n) is 9.02. The molecule has 86 valence electrons. The Balaban J connectivity index is 2.59. The number of rotatable bonds is 3. The first-order chi connectivity index (χ1) is 7.50. The van der Waals surface area contributed by atoms with Crippen molar-refractivity contribution in [1.29, 1.82) is 0 Å². The molecule has 0 radical (unpaired) electrons. The third kappa shape index (κ3) is 3.23. The number of anilines is 1. The predicted octanol–water partition coefficient (Wildman–Crippen LogP) is 0.985. The molecule has 3 N–H and O–H groups in total. The molecule has 1 unspecified atom stereocenters. The van der Waals surface area contributed by atoms with E-state index in [0.29, 0.717) is 11.4 Å². The molecule has 1 aromatic heterocycles. The molecule has 6 heteroatoms. The van der Waals surface area contributed by atoms with Crippen molar-refractivity contribution in [1.82, 2.24) is 10.3 Å². The molecule has 0 aromatic carbocycles. The third-order valence-corrected chi connectivity index (χ3v) is 1.97. The number of carbonyl (C=O) groups excluding carboxylic acids is 1. The van der Waals surface area contributed by atoms with Gasteiger partial charge in [-0.1, -0.05) is 0 Å². The van der Waals surface area contributed by atoms with Crippen molar-refractivity contribution < 1.29 is 14.7 Å². The summed E-state index contributed by atoms with van der Waals surface area (Å²) in [6.07, 6.45) is 1.61. The molecule has 0 saturated carbocycles. The molecule has 1 rings (SSSR count). The van der Waals surface area contributed by atoms with Crippen LogP contribution in [0.15, 0.2) is 18.3 Å². The number of urea groups is 1. The number of carboxylic acid groups (broad SMARTS) is 1. The van der Waals surface area contributed by atoms with E-state index in [1.807, 2.05) is 0 Å². The fraction of sp³-hybridized carbons (Fsp3) is 0.300. The second-order valence-corrected chi connectivity index (χ2v) is 3.29. The summed E-state index contributed by atoms with van der Waals surface area (Å²) >= 11 is 0. The maximum Gasteiger partial charge on any atom is 0.325 e. The molecular weight excluding hydrogens is 210 g/mol. The molecule has 0 aliphatic rings. The highest BCUT2D eigenvalue weighted by Gasteiger charge is 2.14. The van der Waals surface area contributed by atoms with Gasteiger partial charge < -0.3 is 15.7 Å². The molecule has 1 atom stereocenters. The summed E-state index contributed by atoms with van der Waals surface area (Å²) < 4.78 is 0. The Bertz CT molecular complexity index is 406. The predicted molar refractivity (Wildman–Crippen MR) is 58.2 cm³/mol. The van der Waals surface area contributed by atoms with Gasteiger partial charge in [0.05, 0.1) is 11.4 Å². The lowest BCUT2D eigenvalue weighted by molar-refractivity contribution is -0.138. The van der Waals surface area contributed by atoms with Crippen molar-refractivity contribution in [3.63, 3.8) is 0 Å². The van der Waals surface area contributed by atoms with E-state index in [4.69, 9.17) is 5.11 Å². The molecule has 1 aromatic rings. The molecule has 0 aliphatic heterocycles. The van der Waals surface area contributed by atoms with Gasteiger partial charge in [-0.05, 0) is 26.0 Å². The number of hydrogen-bond acceptors (Lipinski definition) is 3. The topological polar surface area (TPSA) is 91.3 Å². The van der Waals surface area contributed by atoms with Gasteiger partial charge in [-0.3, -0.25) is 9.78 Å². The number of amides is 2. The molecule has 0 fully saturated rings. The number of hydrogen-bond donors (Lipinski definition) is 3. The van der Waals surface area contributed by atoms with Crippen LogP contribution in [0.25, 0.3) is 0 Å². The maximum atomic E-state index is 11.4. The number of carboxylic acids is 1. The van der Waals surface area contributed by atoms with Gasteiger partial charge in [0.2, 0.25) is 0 Å². The minimum Gasteiger partial charge on any atom is -0.480 e. The lowest BCUT2D eigenvalue weighted by Crippen LogP contribution is -2.40. The zero-order chi connectivity index (χ0) is 12.1. The van der Waals surface area contributed by atoms with Crippen molar-refractivity contribution in [3.8, 4) is 0 Å². The first-order valence-corrected chi connectivity index (χ1v) is 4.72. The first kappa shape index (κ1) is 12.0. The second kappa shape index (κ2) is 5.11. The fourth-order valence-corrected chi connectivity index (χ4v) is 1.03. The normalized spacial score (nSPS) is 11.6. The molecular formula is C10H13N3O3. The fourth-order valence-electron chi connectivity index (χ4n) is 1.03. The van der Waals surface area contributed by atoms with Crippen molar-refractivity contribution in [2.75, 3.05) is 5.32 Å². The van der Waals surface area contributed by atoms with Gasteiger partial charge >= 0.3 is 12.0 Å². The van der Waals surface area contributed by atoms with E-state index >= 15 is 0 Å². The number of aromatic nitrogens is 1. The summed E-state index contributed by atoms with van der Waals surface area (Å²) in [5.41, 5.74) is 1.22. The Kier molecular flexibility index (Phi) is 3.82. The number of aliphatic carboxylic acids is 1. The Morgan fingerprint density at radius 2 is 2.19 bits per heavy atom. The van der Waals surface area contributed by atoms with E-state index in [0.717, 1.165) is 0 Å². The number of nitrogens with one attached hydrogen (secondary N) is 2. The van der Waals surface area contributed by atoms with E-state index in [2.05, 4.69) is 15.6 Å². The van der Waals surface area contributed by atoms with E-state index in [1.54, 1.807) is 25.3 Å². The summed E-state index contributed by atoms with van der Waals surface area (Å²) in [6.45, 7) is 3.13. The molecule has 0 saturated heterocycles. The Labute approximate surface area is 92.7 Å². The van der Waals surface area contributed by atoms with E-state index in [9.17, 15) is 9.59 Å². The highest BCUT2D eigenvalue weighted by Crippen LogP contribution is 2.09. The maximum absolute atomic E-state index is 11.4. The number of nitrogens with zero attached hydrogens (tertiary/aromatic N) is 1. The van der Waals surface area contributed by atoms with Crippen LogP contribution in [0.5, 0.6) is 0 Å². The zero-order valence-corrected chi connectivity index (χ0v) is 9.02. The summed E-state index contributed by atoms with van der Waals surface area (Å²) in [5.74, 6) is -1.09. The van der Waals surface area contributed by atoms with Crippen LogP contribution >= 0.6 is 0 Å². The molecule has 1 heterocycles. The van der Waals surface area contributed by atoms with Crippen molar-refractivity contribution in [3.05, 3.63) is 24.0 Å². The summed E-state index contributed by atoms with van der Waals surface area (Å²) in [4.78, 5) is 25.9. The van der Waals surface area contributed by atoms with Crippen LogP contribution in [0.3, 0.4) is 0 Å². The highest BCUT2D eigenvalue weighted by molar-refractivity contribution is 5.92. The van der Waals surface area contributed by atoms with Gasteiger partial charge in [0.15, 0.2) is 0 Å². The minimum absolute atomic E-state index is 0.553. The number of aryl methyl sites for hydroxylation is 1. The van der Waals surface area contributed by atoms with E-state index in [1.165, 1.54) is 6.92 Å². The summed E-state index contributed by atoms with van der Waals surface area (Å²) in [7, 11) is 0. The molecule has 16 heavy (non-hydrogen) atoms. The van der Waals surface area contributed by atoms with Crippen LogP contribution in [-0.2, 0) is 4.79 Å². The third-order valence-electron chi connectivity index (χ3n) is 1.97. The van der Waals surface area contributed by atoms with Gasteiger partial charge in [0.1, 0.15) is 6.04 Å². The van der Waals surface area contributed by atoms with Crippen molar-refractivity contribution >= 4 is 17.7 Å². The number of pyridine rings is 1. The van der Waals surface area contributed by atoms with Gasteiger partial charge in [-0.2, -0.15) is 0 Å². The Morgan fingerprint density at radius 3 is 2.75 bits per heavy atom. The van der Waals surface area contributed by atoms with Crippen LogP contribution in [0, 0.1) is 6.92 Å². The minimum atomic E-state index is -1.09. The smallest absolute Gasteiger partial charge is 0.325 e. The molecule has 2 amide bonds. The lowest BCUT2D eigenvalue weighted by Gasteiger charge is -2.11. The van der Waals surface area contributed by atoms with Crippen LogP contribution in [-0.4, -0.2) is 28.1 Å². The molecule has 0 bridgehead atoms. The lowest BCUT2D eigenvalue weighted by atomic mass is 10.3. The molecule has 6 nitrogen and oxygen atoms in total. The van der Waals surface area contributed by atoms with Crippen LogP contribution in [0.4, 0.5) is 10.5 Å². The van der Waals surface area contributed by atoms with Crippen LogP contribution in [0.1, 0.15) is 12.6 Å². The van der Waals surface area contributed by atoms with Gasteiger partial charge in [0.25, 0.3) is 0 Å². The van der Waals surface area contributed by atoms with Gasteiger partial charge in [-0.15, -0.1) is 0 Å². The largest absolute Gasteiger partial charge is 0.480 e. The summed E-state index contributed by atoms with van der Waals surface area (Å²) in [5, 5.41) is 13.4. The molecule has 0 aliphatic carbocycles. The quantitative estimate of drug-likeness (QED) is 0.712. The number of carbonyl (C=O) groups is 2. The van der Waals surface area contributed by atoms with E-state index < -0.39 is 18.0 Å². The van der Waals surface area contributed by atoms with Crippen LogP contribution < -0.4 is 10.6 Å². The second-order valence-electron chi connectivity index (χ2n) is 3.29. The van der Waals surface area contributed by atoms with E-state index in [-0.39, 0.29) is 0 Å².